The lowest BCUT2D eigenvalue weighted by Gasteiger charge is -2.03. The van der Waals surface area contributed by atoms with Gasteiger partial charge in [-0.25, -0.2) is 0 Å². The number of rotatable bonds is 6. The summed E-state index contributed by atoms with van der Waals surface area (Å²) in [5.41, 5.74) is 1.19. The van der Waals surface area contributed by atoms with Crippen LogP contribution < -0.4 is 5.32 Å². The Morgan fingerprint density at radius 1 is 1.38 bits per heavy atom. The first-order valence-corrected chi connectivity index (χ1v) is 6.84. The van der Waals surface area contributed by atoms with Crippen LogP contribution in [0.3, 0.4) is 0 Å². The molecule has 0 radical (unpaired) electrons. The van der Waals surface area contributed by atoms with E-state index in [2.05, 4.69) is 5.32 Å². The summed E-state index contributed by atoms with van der Waals surface area (Å²) in [7, 11) is 0. The van der Waals surface area contributed by atoms with Crippen LogP contribution in [-0.4, -0.2) is 18.2 Å². The lowest BCUT2D eigenvalue weighted by Crippen LogP contribution is -2.25. The highest BCUT2D eigenvalue weighted by Gasteiger charge is 2.00. The van der Waals surface area contributed by atoms with Crippen molar-refractivity contribution in [3.05, 3.63) is 34.9 Å². The molecule has 0 heterocycles. The maximum absolute atomic E-state index is 11.3. The molecule has 0 unspecified atom stereocenters. The lowest BCUT2D eigenvalue weighted by molar-refractivity contribution is -0.118. The molecule has 4 heteroatoms. The average Bonchev–Trinajstić information content (AvgIpc) is 2.29. The second-order valence-corrected chi connectivity index (χ2v) is 4.89. The number of carbonyl (C=O) groups excluding carboxylic acids is 1. The summed E-state index contributed by atoms with van der Waals surface area (Å²) < 4.78 is 0. The maximum Gasteiger partial charge on any atom is 0.230 e. The van der Waals surface area contributed by atoms with Crippen molar-refractivity contribution >= 4 is 29.3 Å². The number of carbonyl (C=O) groups is 1. The Hall–Kier alpha value is -0.670. The van der Waals surface area contributed by atoms with E-state index >= 15 is 0 Å². The minimum atomic E-state index is 0.112. The first-order valence-electron chi connectivity index (χ1n) is 5.31. The molecule has 1 N–H and O–H groups in total. The van der Waals surface area contributed by atoms with Crippen LogP contribution in [0.25, 0.3) is 0 Å². The first-order chi connectivity index (χ1) is 7.72. The van der Waals surface area contributed by atoms with E-state index in [-0.39, 0.29) is 5.91 Å². The molecule has 1 rings (SSSR count). The Bertz CT molecular complexity index is 326. The monoisotopic (exact) mass is 257 g/mol. The van der Waals surface area contributed by atoms with Crippen LogP contribution in [-0.2, 0) is 10.5 Å². The van der Waals surface area contributed by atoms with E-state index in [4.69, 9.17) is 11.6 Å². The fourth-order valence-corrected chi connectivity index (χ4v) is 2.10. The van der Waals surface area contributed by atoms with Crippen molar-refractivity contribution in [2.24, 2.45) is 0 Å². The zero-order valence-corrected chi connectivity index (χ0v) is 10.9. The highest BCUT2D eigenvalue weighted by molar-refractivity contribution is 7.99. The predicted octanol–water partition coefficient (Wildman–Crippen LogP) is 3.10. The van der Waals surface area contributed by atoms with E-state index < -0.39 is 0 Å². The molecule has 0 atom stereocenters. The van der Waals surface area contributed by atoms with Gasteiger partial charge in [-0.05, 0) is 24.1 Å². The topological polar surface area (TPSA) is 29.1 Å². The summed E-state index contributed by atoms with van der Waals surface area (Å²) in [4.78, 5) is 11.3. The molecule has 0 saturated carbocycles. The van der Waals surface area contributed by atoms with Crippen LogP contribution in [0.1, 0.15) is 18.9 Å². The number of thioether (sulfide) groups is 1. The molecule has 0 fully saturated rings. The van der Waals surface area contributed by atoms with Crippen LogP contribution in [0.15, 0.2) is 24.3 Å². The zero-order chi connectivity index (χ0) is 11.8. The molecule has 1 aromatic carbocycles. The first kappa shape index (κ1) is 13.4. The molecule has 16 heavy (non-hydrogen) atoms. The van der Waals surface area contributed by atoms with Gasteiger partial charge < -0.3 is 5.32 Å². The molecular formula is C12H16ClNOS. The lowest BCUT2D eigenvalue weighted by atomic mass is 10.2. The number of nitrogens with one attached hydrogen (secondary N) is 1. The number of hydrogen-bond acceptors (Lipinski definition) is 2. The average molecular weight is 258 g/mol. The molecule has 0 saturated heterocycles. The predicted molar refractivity (Wildman–Crippen MR) is 70.9 cm³/mol. The van der Waals surface area contributed by atoms with Gasteiger partial charge in [-0.15, -0.1) is 11.8 Å². The quantitative estimate of drug-likeness (QED) is 0.849. The summed E-state index contributed by atoms with van der Waals surface area (Å²) in [6.45, 7) is 2.81. The van der Waals surface area contributed by atoms with Crippen LogP contribution in [0.5, 0.6) is 0 Å². The molecular weight excluding hydrogens is 242 g/mol. The highest BCUT2D eigenvalue weighted by Crippen LogP contribution is 2.15. The Kier molecular flexibility index (Phi) is 6.34. The van der Waals surface area contributed by atoms with Crippen molar-refractivity contribution in [2.75, 3.05) is 12.3 Å². The molecule has 0 spiro atoms. The van der Waals surface area contributed by atoms with E-state index in [9.17, 15) is 4.79 Å². The fourth-order valence-electron chi connectivity index (χ4n) is 1.16. The summed E-state index contributed by atoms with van der Waals surface area (Å²) in [6, 6.07) is 7.71. The largest absolute Gasteiger partial charge is 0.355 e. The smallest absolute Gasteiger partial charge is 0.230 e. The van der Waals surface area contributed by atoms with Crippen molar-refractivity contribution in [1.82, 2.24) is 5.32 Å². The standard InChI is InChI=1S/C12H16ClNOS/c1-2-7-14-12(15)9-16-8-10-3-5-11(13)6-4-10/h3-6H,2,7-9H2,1H3,(H,14,15). The van der Waals surface area contributed by atoms with Crippen molar-refractivity contribution in [3.63, 3.8) is 0 Å². The number of benzene rings is 1. The number of halogens is 1. The zero-order valence-electron chi connectivity index (χ0n) is 9.33. The van der Waals surface area contributed by atoms with Crippen LogP contribution in [0.4, 0.5) is 0 Å². The van der Waals surface area contributed by atoms with Gasteiger partial charge in [0.15, 0.2) is 0 Å². The minimum Gasteiger partial charge on any atom is -0.355 e. The van der Waals surface area contributed by atoms with Crippen molar-refractivity contribution < 1.29 is 4.79 Å². The van der Waals surface area contributed by atoms with Gasteiger partial charge in [-0.2, -0.15) is 0 Å². The van der Waals surface area contributed by atoms with Crippen molar-refractivity contribution in [2.45, 2.75) is 19.1 Å². The summed E-state index contributed by atoms with van der Waals surface area (Å²) in [5.74, 6) is 1.47. The summed E-state index contributed by atoms with van der Waals surface area (Å²) in [5, 5.41) is 3.59. The maximum atomic E-state index is 11.3. The number of hydrogen-bond donors (Lipinski definition) is 1. The van der Waals surface area contributed by atoms with Crippen LogP contribution >= 0.6 is 23.4 Å². The van der Waals surface area contributed by atoms with Crippen LogP contribution in [0, 0.1) is 0 Å². The molecule has 1 aromatic rings. The Morgan fingerprint density at radius 3 is 2.69 bits per heavy atom. The van der Waals surface area contributed by atoms with Gasteiger partial charge in [0.05, 0.1) is 5.75 Å². The minimum absolute atomic E-state index is 0.112. The van der Waals surface area contributed by atoms with Gasteiger partial charge in [0.2, 0.25) is 5.91 Å². The molecule has 0 aliphatic rings. The van der Waals surface area contributed by atoms with E-state index in [0.29, 0.717) is 5.75 Å². The van der Waals surface area contributed by atoms with Crippen molar-refractivity contribution in [3.8, 4) is 0 Å². The normalized spacial score (nSPS) is 10.1. The SMILES string of the molecule is CCCNC(=O)CSCc1ccc(Cl)cc1. The van der Waals surface area contributed by atoms with E-state index in [0.717, 1.165) is 23.7 Å². The molecule has 0 aliphatic heterocycles. The molecule has 88 valence electrons. The third-order valence-electron chi connectivity index (χ3n) is 1.99. The fraction of sp³-hybridized carbons (Fsp3) is 0.417. The molecule has 0 aromatic heterocycles. The summed E-state index contributed by atoms with van der Waals surface area (Å²) in [6.07, 6.45) is 0.980. The third-order valence-corrected chi connectivity index (χ3v) is 3.24. The highest BCUT2D eigenvalue weighted by atomic mass is 35.5. The Balaban J connectivity index is 2.20. The van der Waals surface area contributed by atoms with Crippen LogP contribution in [0.2, 0.25) is 5.02 Å². The third kappa shape index (κ3) is 5.42. The second-order valence-electron chi connectivity index (χ2n) is 3.47. The van der Waals surface area contributed by atoms with E-state index in [1.165, 1.54) is 5.56 Å². The van der Waals surface area contributed by atoms with Gasteiger partial charge in [0.1, 0.15) is 0 Å². The van der Waals surface area contributed by atoms with E-state index in [1.807, 2.05) is 31.2 Å². The molecule has 1 amide bonds. The van der Waals surface area contributed by atoms with Gasteiger partial charge in [0.25, 0.3) is 0 Å². The Labute approximate surface area is 106 Å². The molecule has 2 nitrogen and oxygen atoms in total. The second kappa shape index (κ2) is 7.58. The van der Waals surface area contributed by atoms with Gasteiger partial charge >= 0.3 is 0 Å². The number of amides is 1. The van der Waals surface area contributed by atoms with Gasteiger partial charge in [-0.3, -0.25) is 4.79 Å². The Morgan fingerprint density at radius 2 is 2.06 bits per heavy atom. The molecule has 0 bridgehead atoms. The van der Waals surface area contributed by atoms with Gasteiger partial charge in [0, 0.05) is 17.3 Å². The summed E-state index contributed by atoms with van der Waals surface area (Å²) >= 11 is 7.40. The van der Waals surface area contributed by atoms with E-state index in [1.54, 1.807) is 11.8 Å². The van der Waals surface area contributed by atoms with Crippen molar-refractivity contribution in [1.29, 1.82) is 0 Å². The van der Waals surface area contributed by atoms with Gasteiger partial charge in [-0.1, -0.05) is 30.7 Å². The molecule has 0 aliphatic carbocycles.